The summed E-state index contributed by atoms with van der Waals surface area (Å²) in [5.41, 5.74) is 1.17. The van der Waals surface area contributed by atoms with Gasteiger partial charge in [0, 0.05) is 0 Å². The monoisotopic (exact) mass is 247 g/mol. The molecule has 0 radical (unpaired) electrons. The zero-order chi connectivity index (χ0) is 12.3. The molecule has 7 heteroatoms. The van der Waals surface area contributed by atoms with Gasteiger partial charge in [-0.1, -0.05) is 11.8 Å². The maximum atomic E-state index is 11.4. The van der Waals surface area contributed by atoms with E-state index in [2.05, 4.69) is 20.5 Å². The Morgan fingerprint density at radius 3 is 3.06 bits per heavy atom. The molecule has 86 valence electrons. The fraction of sp³-hybridized carbons (Fsp3) is 0.100. The number of H-pyrrole nitrogens is 2. The molecule has 17 heavy (non-hydrogen) atoms. The molecule has 0 atom stereocenters. The van der Waals surface area contributed by atoms with Crippen LogP contribution in [0.25, 0.3) is 10.9 Å². The van der Waals surface area contributed by atoms with Crippen molar-refractivity contribution in [1.82, 2.24) is 15.5 Å². The van der Waals surface area contributed by atoms with Crippen molar-refractivity contribution in [2.75, 3.05) is 6.26 Å². The lowest BCUT2D eigenvalue weighted by Crippen LogP contribution is -2.12. The first-order chi connectivity index (χ1) is 8.24. The van der Waals surface area contributed by atoms with Crippen molar-refractivity contribution in [3.63, 3.8) is 0 Å². The van der Waals surface area contributed by atoms with Crippen LogP contribution >= 0.6 is 11.8 Å². The summed E-state index contributed by atoms with van der Waals surface area (Å²) in [4.78, 5) is 15.6. The molecule has 0 spiro atoms. The van der Waals surface area contributed by atoms with Crippen molar-refractivity contribution in [1.29, 1.82) is 5.26 Å². The number of rotatable bonds is 1. The van der Waals surface area contributed by atoms with Crippen molar-refractivity contribution < 1.29 is 0 Å². The van der Waals surface area contributed by atoms with E-state index in [4.69, 9.17) is 5.26 Å². The van der Waals surface area contributed by atoms with E-state index in [1.807, 2.05) is 6.26 Å². The van der Waals surface area contributed by atoms with Crippen LogP contribution in [0.5, 0.6) is 0 Å². The van der Waals surface area contributed by atoms with Crippen LogP contribution < -0.4 is 10.9 Å². The van der Waals surface area contributed by atoms with E-state index in [9.17, 15) is 4.79 Å². The average molecular weight is 247 g/mol. The van der Waals surface area contributed by atoms with Crippen LogP contribution in [-0.2, 0) is 0 Å². The van der Waals surface area contributed by atoms with E-state index in [1.54, 1.807) is 24.4 Å². The first-order valence-electron chi connectivity index (χ1n) is 4.73. The second-order valence-electron chi connectivity index (χ2n) is 3.17. The standard InChI is InChI=1S/C10H9N5OS/c1-17-10(12-5-11)13-6-2-3-8-7(4-6)9(16)15-14-8/h2-4H,1H3,(H,12,13)(H2,14,15,16). The molecule has 6 nitrogen and oxygen atoms in total. The molecule has 3 N–H and O–H groups in total. The van der Waals surface area contributed by atoms with Crippen LogP contribution in [0.2, 0.25) is 0 Å². The van der Waals surface area contributed by atoms with Crippen molar-refractivity contribution in [3.8, 4) is 6.19 Å². The van der Waals surface area contributed by atoms with Crippen LogP contribution in [0.15, 0.2) is 28.0 Å². The van der Waals surface area contributed by atoms with Gasteiger partial charge in [0.05, 0.1) is 16.6 Å². The summed E-state index contributed by atoms with van der Waals surface area (Å²) in [6.07, 6.45) is 3.62. The van der Waals surface area contributed by atoms with Gasteiger partial charge in [-0.3, -0.25) is 20.3 Å². The number of hydrogen-bond acceptors (Lipinski definition) is 4. The van der Waals surface area contributed by atoms with Crippen LogP contribution in [0.4, 0.5) is 5.69 Å². The molecular formula is C10H9N5OS. The summed E-state index contributed by atoms with van der Waals surface area (Å²) < 4.78 is 0. The predicted molar refractivity (Wildman–Crippen MR) is 68.3 cm³/mol. The molecule has 0 amide bonds. The molecule has 1 aromatic carbocycles. The van der Waals surface area contributed by atoms with Crippen molar-refractivity contribution >= 4 is 33.5 Å². The lowest BCUT2D eigenvalue weighted by atomic mass is 10.2. The molecule has 1 aromatic heterocycles. The first kappa shape index (κ1) is 11.3. The number of nitriles is 1. The molecular weight excluding hydrogens is 238 g/mol. The van der Waals surface area contributed by atoms with Crippen molar-refractivity contribution in [2.24, 2.45) is 4.99 Å². The van der Waals surface area contributed by atoms with Crippen molar-refractivity contribution in [3.05, 3.63) is 28.6 Å². The highest BCUT2D eigenvalue weighted by Gasteiger charge is 2.02. The smallest absolute Gasteiger partial charge is 0.271 e. The van der Waals surface area contributed by atoms with Gasteiger partial charge in [-0.25, -0.2) is 4.99 Å². The highest BCUT2D eigenvalue weighted by molar-refractivity contribution is 8.13. The van der Waals surface area contributed by atoms with Crippen LogP contribution in [-0.4, -0.2) is 21.6 Å². The summed E-state index contributed by atoms with van der Waals surface area (Å²) in [5, 5.41) is 17.2. The Morgan fingerprint density at radius 2 is 2.35 bits per heavy atom. The molecule has 0 fully saturated rings. The summed E-state index contributed by atoms with van der Waals surface area (Å²) in [7, 11) is 0. The number of nitrogens with one attached hydrogen (secondary N) is 3. The Morgan fingerprint density at radius 1 is 1.53 bits per heavy atom. The Balaban J connectivity index is 2.46. The zero-order valence-electron chi connectivity index (χ0n) is 8.94. The molecule has 0 bridgehead atoms. The van der Waals surface area contributed by atoms with Gasteiger partial charge in [0.15, 0.2) is 11.4 Å². The third-order valence-corrected chi connectivity index (χ3v) is 2.73. The molecule has 0 aliphatic rings. The molecule has 0 aliphatic carbocycles. The summed E-state index contributed by atoms with van der Waals surface area (Å²) in [5.74, 6) is 0. The normalized spacial score (nSPS) is 11.4. The number of aromatic nitrogens is 2. The van der Waals surface area contributed by atoms with Gasteiger partial charge < -0.3 is 0 Å². The Bertz CT molecular complexity index is 663. The van der Waals surface area contributed by atoms with E-state index in [0.29, 0.717) is 16.2 Å². The van der Waals surface area contributed by atoms with Gasteiger partial charge in [-0.05, 0) is 24.5 Å². The summed E-state index contributed by atoms with van der Waals surface area (Å²) in [6, 6.07) is 5.19. The number of benzene rings is 1. The highest BCUT2D eigenvalue weighted by atomic mass is 32.2. The number of fused-ring (bicyclic) bond motifs is 1. The summed E-state index contributed by atoms with van der Waals surface area (Å²) >= 11 is 1.32. The van der Waals surface area contributed by atoms with E-state index >= 15 is 0 Å². The Hall–Kier alpha value is -2.20. The van der Waals surface area contributed by atoms with Gasteiger partial charge in [0.2, 0.25) is 0 Å². The highest BCUT2D eigenvalue weighted by Crippen LogP contribution is 2.18. The van der Waals surface area contributed by atoms with Crippen LogP contribution in [0.1, 0.15) is 0 Å². The lowest BCUT2D eigenvalue weighted by Gasteiger charge is -1.99. The predicted octanol–water partition coefficient (Wildman–Crippen LogP) is 1.28. The maximum Gasteiger partial charge on any atom is 0.271 e. The molecule has 0 unspecified atom stereocenters. The molecule has 2 aromatic rings. The molecule has 0 aliphatic heterocycles. The quantitative estimate of drug-likeness (QED) is 0.306. The number of hydrogen-bond donors (Lipinski definition) is 3. The topological polar surface area (TPSA) is 96.8 Å². The number of amidine groups is 1. The van der Waals surface area contributed by atoms with Gasteiger partial charge in [0.25, 0.3) is 5.56 Å². The number of aliphatic imine (C=N–C) groups is 1. The minimum Gasteiger partial charge on any atom is -0.298 e. The third-order valence-electron chi connectivity index (χ3n) is 2.15. The molecule has 1 heterocycles. The molecule has 2 rings (SSSR count). The number of thioether (sulfide) groups is 1. The molecule has 0 saturated carbocycles. The second kappa shape index (κ2) is 4.76. The second-order valence-corrected chi connectivity index (χ2v) is 3.96. The van der Waals surface area contributed by atoms with Gasteiger partial charge in [0.1, 0.15) is 0 Å². The first-order valence-corrected chi connectivity index (χ1v) is 5.95. The SMILES string of the molecule is CSC(=Nc1ccc2[nH][nH]c(=O)c2c1)NC#N. The summed E-state index contributed by atoms with van der Waals surface area (Å²) in [6.45, 7) is 0. The van der Waals surface area contributed by atoms with E-state index in [1.165, 1.54) is 11.8 Å². The van der Waals surface area contributed by atoms with E-state index in [-0.39, 0.29) is 5.56 Å². The Kier molecular flexibility index (Phi) is 3.16. The van der Waals surface area contributed by atoms with Crippen molar-refractivity contribution in [2.45, 2.75) is 0 Å². The van der Waals surface area contributed by atoms with E-state index < -0.39 is 0 Å². The number of nitrogens with zero attached hydrogens (tertiary/aromatic N) is 2. The fourth-order valence-corrected chi connectivity index (χ4v) is 1.72. The van der Waals surface area contributed by atoms with Gasteiger partial charge in [-0.15, -0.1) is 0 Å². The minimum absolute atomic E-state index is 0.184. The van der Waals surface area contributed by atoms with E-state index in [0.717, 1.165) is 5.52 Å². The van der Waals surface area contributed by atoms with Gasteiger partial charge in [-0.2, -0.15) is 5.26 Å². The molecule has 0 saturated heterocycles. The maximum absolute atomic E-state index is 11.4. The zero-order valence-corrected chi connectivity index (χ0v) is 9.76. The number of aromatic amines is 2. The lowest BCUT2D eigenvalue weighted by molar-refractivity contribution is 1.08. The van der Waals surface area contributed by atoms with Crippen LogP contribution in [0, 0.1) is 11.5 Å². The average Bonchev–Trinajstić information content (AvgIpc) is 2.70. The third kappa shape index (κ3) is 2.32. The Labute approximate surface area is 101 Å². The largest absolute Gasteiger partial charge is 0.298 e. The minimum atomic E-state index is -0.184. The van der Waals surface area contributed by atoms with Crippen LogP contribution in [0.3, 0.4) is 0 Å². The fourth-order valence-electron chi connectivity index (χ4n) is 1.38. The van der Waals surface area contributed by atoms with Gasteiger partial charge >= 0.3 is 0 Å².